The lowest BCUT2D eigenvalue weighted by atomic mass is 9.50. The van der Waals surface area contributed by atoms with Crippen LogP contribution >= 0.6 is 0 Å². The van der Waals surface area contributed by atoms with Crippen LogP contribution in [-0.2, 0) is 9.53 Å². The zero-order valence-corrected chi connectivity index (χ0v) is 22.3. The Kier molecular flexibility index (Phi) is 5.49. The molecule has 7 aliphatic rings. The van der Waals surface area contributed by atoms with Gasteiger partial charge in [-0.25, -0.2) is 4.79 Å². The number of hydrogen-bond donors (Lipinski definition) is 0. The molecule has 2 aromatic carbocycles. The van der Waals surface area contributed by atoms with E-state index in [0.717, 1.165) is 43.9 Å². The third-order valence-electron chi connectivity index (χ3n) is 11.5. The van der Waals surface area contributed by atoms with E-state index < -0.39 is 0 Å². The molecule has 4 heteroatoms. The monoisotopic (exact) mass is 509 g/mol. The van der Waals surface area contributed by atoms with Crippen LogP contribution in [0.2, 0.25) is 0 Å². The van der Waals surface area contributed by atoms with Crippen LogP contribution in [-0.4, -0.2) is 35.5 Å². The summed E-state index contributed by atoms with van der Waals surface area (Å²) >= 11 is 0. The third kappa shape index (κ3) is 3.62. The first-order chi connectivity index (χ1) is 18.6. The number of piperidine rings is 2. The van der Waals surface area contributed by atoms with Crippen LogP contribution < -0.4 is 0 Å². The third-order valence-corrected chi connectivity index (χ3v) is 11.5. The molecule has 0 aromatic heterocycles. The van der Waals surface area contributed by atoms with Crippen molar-refractivity contribution in [1.82, 2.24) is 4.90 Å². The molecular formula is C34H39NO3. The molecular weight excluding hydrogens is 470 g/mol. The Balaban J connectivity index is 0.965. The summed E-state index contributed by atoms with van der Waals surface area (Å²) in [6.07, 6.45) is 11.3. The van der Waals surface area contributed by atoms with Crippen molar-refractivity contribution >= 4 is 11.9 Å². The van der Waals surface area contributed by atoms with Crippen molar-refractivity contribution in [2.75, 3.05) is 6.61 Å². The number of benzene rings is 2. The number of nitrogens with zero attached hydrogens (tertiary/aromatic N) is 1. The largest absolute Gasteiger partial charge is 0.448 e. The molecule has 2 aromatic rings. The zero-order chi connectivity index (χ0) is 25.4. The highest BCUT2D eigenvalue weighted by molar-refractivity contribution is 5.85. The van der Waals surface area contributed by atoms with Gasteiger partial charge in [0.2, 0.25) is 0 Å². The molecule has 0 spiro atoms. The molecule has 198 valence electrons. The molecule has 5 aliphatic carbocycles. The maximum Gasteiger partial charge on any atom is 0.410 e. The summed E-state index contributed by atoms with van der Waals surface area (Å²) in [5, 5.41) is 0. The van der Waals surface area contributed by atoms with Crippen molar-refractivity contribution in [1.29, 1.82) is 0 Å². The van der Waals surface area contributed by atoms with E-state index in [9.17, 15) is 9.59 Å². The molecule has 9 rings (SSSR count). The summed E-state index contributed by atoms with van der Waals surface area (Å²) in [6.45, 7) is 0.374. The molecule has 1 amide bonds. The number of carbonyl (C=O) groups is 2. The summed E-state index contributed by atoms with van der Waals surface area (Å²) in [7, 11) is 0. The summed E-state index contributed by atoms with van der Waals surface area (Å²) in [5.41, 5.74) is 5.01. The molecule has 2 heterocycles. The molecule has 0 N–H and O–H groups in total. The molecule has 4 saturated carbocycles. The first-order valence-corrected chi connectivity index (χ1v) is 15.3. The lowest BCUT2D eigenvalue weighted by Crippen LogP contribution is -2.57. The van der Waals surface area contributed by atoms with Gasteiger partial charge in [0.15, 0.2) is 0 Å². The Morgan fingerprint density at radius 3 is 1.87 bits per heavy atom. The van der Waals surface area contributed by atoms with E-state index in [0.29, 0.717) is 30.1 Å². The van der Waals surface area contributed by atoms with Crippen molar-refractivity contribution in [3.63, 3.8) is 0 Å². The summed E-state index contributed by atoms with van der Waals surface area (Å²) in [6, 6.07) is 17.3. The highest BCUT2D eigenvalue weighted by Gasteiger charge is 2.53. The van der Waals surface area contributed by atoms with Crippen molar-refractivity contribution in [3.05, 3.63) is 59.7 Å². The topological polar surface area (TPSA) is 46.6 Å². The minimum atomic E-state index is -0.165. The van der Waals surface area contributed by atoms with Crippen LogP contribution in [0.1, 0.15) is 81.3 Å². The fourth-order valence-electron chi connectivity index (χ4n) is 10.2. The lowest BCUT2D eigenvalue weighted by Gasteiger charge is -2.55. The van der Waals surface area contributed by atoms with Crippen molar-refractivity contribution in [3.8, 4) is 11.1 Å². The molecule has 4 nitrogen and oxygen atoms in total. The molecule has 6 bridgehead atoms. The summed E-state index contributed by atoms with van der Waals surface area (Å²) in [4.78, 5) is 29.6. The number of amides is 1. The summed E-state index contributed by atoms with van der Waals surface area (Å²) in [5.74, 6) is 4.22. The van der Waals surface area contributed by atoms with Crippen LogP contribution in [0.4, 0.5) is 4.79 Å². The van der Waals surface area contributed by atoms with Crippen molar-refractivity contribution in [2.45, 2.75) is 82.2 Å². The van der Waals surface area contributed by atoms with E-state index in [1.165, 1.54) is 54.4 Å². The van der Waals surface area contributed by atoms with Crippen LogP contribution in [0.5, 0.6) is 0 Å². The number of rotatable bonds is 4. The van der Waals surface area contributed by atoms with E-state index in [1.54, 1.807) is 0 Å². The van der Waals surface area contributed by atoms with Gasteiger partial charge in [0.05, 0.1) is 0 Å². The quantitative estimate of drug-likeness (QED) is 0.437. The van der Waals surface area contributed by atoms with E-state index in [1.807, 2.05) is 0 Å². The van der Waals surface area contributed by atoms with Crippen molar-refractivity contribution in [2.24, 2.45) is 35.5 Å². The van der Waals surface area contributed by atoms with Gasteiger partial charge in [0.1, 0.15) is 12.4 Å². The normalized spacial score (nSPS) is 36.6. The van der Waals surface area contributed by atoms with Gasteiger partial charge < -0.3 is 9.64 Å². The highest BCUT2D eigenvalue weighted by Crippen LogP contribution is 2.58. The summed E-state index contributed by atoms with van der Waals surface area (Å²) < 4.78 is 6.11. The predicted octanol–water partition coefficient (Wildman–Crippen LogP) is 7.21. The molecule has 2 saturated heterocycles. The Bertz CT molecular complexity index is 1180. The van der Waals surface area contributed by atoms with Gasteiger partial charge in [-0.05, 0) is 110 Å². The van der Waals surface area contributed by atoms with Gasteiger partial charge in [-0.1, -0.05) is 48.5 Å². The second kappa shape index (κ2) is 8.96. The van der Waals surface area contributed by atoms with E-state index >= 15 is 0 Å². The first-order valence-electron chi connectivity index (χ1n) is 15.3. The number of ether oxygens (including phenoxy) is 1. The Labute approximate surface area is 226 Å². The minimum Gasteiger partial charge on any atom is -0.448 e. The smallest absolute Gasteiger partial charge is 0.410 e. The fraction of sp³-hybridized carbons (Fsp3) is 0.588. The second-order valence-corrected chi connectivity index (χ2v) is 13.5. The number of fused-ring (bicyclic) bond motifs is 5. The zero-order valence-electron chi connectivity index (χ0n) is 22.3. The van der Waals surface area contributed by atoms with Crippen LogP contribution in [0.3, 0.4) is 0 Å². The molecule has 6 fully saturated rings. The standard InChI is InChI=1S/C34H39NO3/c36-33(32-22-13-20-12-21(15-22)16-23(32)14-20)24-17-25-6-5-7-26(18-24)35(25)34(37)38-19-31-29-10-3-1-8-27(29)28-9-2-4-11-30(28)31/h1-4,8-11,20-26,31-32H,5-7,12-19H2. The molecule has 38 heavy (non-hydrogen) atoms. The van der Waals surface area contributed by atoms with E-state index in [4.69, 9.17) is 4.74 Å². The Morgan fingerprint density at radius 1 is 0.737 bits per heavy atom. The number of ketones is 1. The number of carbonyl (C=O) groups excluding carboxylic acids is 2. The predicted molar refractivity (Wildman–Crippen MR) is 147 cm³/mol. The van der Waals surface area contributed by atoms with Crippen LogP contribution in [0.25, 0.3) is 11.1 Å². The Morgan fingerprint density at radius 2 is 1.29 bits per heavy atom. The average molecular weight is 510 g/mol. The van der Waals surface area contributed by atoms with E-state index in [2.05, 4.69) is 53.4 Å². The average Bonchev–Trinajstić information content (AvgIpc) is 3.24. The molecule has 2 aliphatic heterocycles. The maximum atomic E-state index is 14.0. The first kappa shape index (κ1) is 23.3. The molecule has 0 radical (unpaired) electrons. The molecule has 2 unspecified atom stereocenters. The van der Waals surface area contributed by atoms with Gasteiger partial charge in [-0.15, -0.1) is 0 Å². The van der Waals surface area contributed by atoms with Crippen molar-refractivity contribution < 1.29 is 14.3 Å². The Hall–Kier alpha value is -2.62. The maximum absolute atomic E-state index is 14.0. The van der Waals surface area contributed by atoms with Crippen LogP contribution in [0.15, 0.2) is 48.5 Å². The van der Waals surface area contributed by atoms with Gasteiger partial charge in [0, 0.05) is 29.8 Å². The number of hydrogen-bond acceptors (Lipinski definition) is 3. The van der Waals surface area contributed by atoms with E-state index in [-0.39, 0.29) is 30.0 Å². The molecule has 2 atom stereocenters. The fourth-order valence-corrected chi connectivity index (χ4v) is 10.2. The minimum absolute atomic E-state index is 0.0854. The SMILES string of the molecule is O=C(C1CC2CCCC(C1)N2C(=O)OCC1c2ccccc2-c2ccccc21)C1C2CC3CC(C2)CC1C3. The lowest BCUT2D eigenvalue weighted by molar-refractivity contribution is -0.143. The van der Waals surface area contributed by atoms with Gasteiger partial charge in [0.25, 0.3) is 0 Å². The highest BCUT2D eigenvalue weighted by atomic mass is 16.6. The second-order valence-electron chi connectivity index (χ2n) is 13.5. The van der Waals surface area contributed by atoms with Gasteiger partial charge in [-0.3, -0.25) is 4.79 Å². The number of Topliss-reactive ketones (excluding diaryl/α,β-unsaturated/α-hetero) is 1. The van der Waals surface area contributed by atoms with Gasteiger partial charge in [-0.2, -0.15) is 0 Å². The van der Waals surface area contributed by atoms with Crippen LogP contribution in [0, 0.1) is 35.5 Å². The van der Waals surface area contributed by atoms with Gasteiger partial charge >= 0.3 is 6.09 Å².